The Bertz CT molecular complexity index is 359. The summed E-state index contributed by atoms with van der Waals surface area (Å²) < 4.78 is 0. The Kier molecular flexibility index (Phi) is 11.5. The molecule has 1 amide bonds. The highest BCUT2D eigenvalue weighted by atomic mass is 16.6. The molecule has 1 saturated carbocycles. The molecule has 0 aromatic carbocycles. The summed E-state index contributed by atoms with van der Waals surface area (Å²) in [5, 5.41) is 8.54. The molecular formula is C19H35NO4. The van der Waals surface area contributed by atoms with E-state index in [-0.39, 0.29) is 12.3 Å². The molecule has 1 aliphatic carbocycles. The van der Waals surface area contributed by atoms with Crippen LogP contribution in [0.3, 0.4) is 0 Å². The van der Waals surface area contributed by atoms with E-state index in [1.807, 2.05) is 0 Å². The van der Waals surface area contributed by atoms with E-state index in [1.54, 1.807) is 0 Å². The molecule has 0 heterocycles. The Hall–Kier alpha value is -1.10. The summed E-state index contributed by atoms with van der Waals surface area (Å²) in [5.41, 5.74) is 2.58. The average molecular weight is 341 g/mol. The van der Waals surface area contributed by atoms with Gasteiger partial charge in [0.25, 0.3) is 0 Å². The first kappa shape index (κ1) is 20.9. The maximum Gasteiger partial charge on any atom is 0.303 e. The number of aliphatic carboxylic acids is 1. The third-order valence-corrected chi connectivity index (χ3v) is 4.84. The van der Waals surface area contributed by atoms with Gasteiger partial charge in [0.1, 0.15) is 0 Å². The van der Waals surface area contributed by atoms with Crippen molar-refractivity contribution in [3.63, 3.8) is 0 Å². The van der Waals surface area contributed by atoms with Gasteiger partial charge in [0.2, 0.25) is 5.91 Å². The molecule has 5 nitrogen and oxygen atoms in total. The van der Waals surface area contributed by atoms with E-state index in [2.05, 4.69) is 12.4 Å². The molecule has 0 radical (unpaired) electrons. The van der Waals surface area contributed by atoms with Gasteiger partial charge in [0, 0.05) is 12.8 Å². The predicted molar refractivity (Wildman–Crippen MR) is 94.4 cm³/mol. The normalized spacial score (nSPS) is 21.7. The van der Waals surface area contributed by atoms with Crippen molar-refractivity contribution in [2.45, 2.75) is 90.4 Å². The summed E-state index contributed by atoms with van der Waals surface area (Å²) in [6.45, 7) is 2.94. The van der Waals surface area contributed by atoms with Crippen LogP contribution in [0.4, 0.5) is 0 Å². The average Bonchev–Trinajstić information content (AvgIpc) is 2.50. The maximum atomic E-state index is 11.7. The van der Waals surface area contributed by atoms with E-state index >= 15 is 0 Å². The number of carboxylic acids is 1. The second-order valence-electron chi connectivity index (χ2n) is 7.34. The molecule has 5 heteroatoms. The number of carbonyl (C=O) groups is 2. The first-order valence-corrected chi connectivity index (χ1v) is 9.70. The van der Waals surface area contributed by atoms with E-state index in [4.69, 9.17) is 9.94 Å². The maximum absolute atomic E-state index is 11.7. The molecule has 2 N–H and O–H groups in total. The fraction of sp³-hybridized carbons (Fsp3) is 0.895. The van der Waals surface area contributed by atoms with E-state index in [0.29, 0.717) is 18.9 Å². The van der Waals surface area contributed by atoms with Crippen molar-refractivity contribution in [3.8, 4) is 0 Å². The summed E-state index contributed by atoms with van der Waals surface area (Å²) in [6, 6.07) is 0. The minimum absolute atomic E-state index is 0.0422. The van der Waals surface area contributed by atoms with Crippen molar-refractivity contribution in [2.75, 3.05) is 6.61 Å². The van der Waals surface area contributed by atoms with E-state index in [1.165, 1.54) is 38.5 Å². The molecular weight excluding hydrogens is 306 g/mol. The lowest BCUT2D eigenvalue weighted by atomic mass is 9.86. The van der Waals surface area contributed by atoms with Gasteiger partial charge in [-0.05, 0) is 37.5 Å². The van der Waals surface area contributed by atoms with Crippen LogP contribution in [-0.2, 0) is 14.4 Å². The van der Waals surface area contributed by atoms with Gasteiger partial charge >= 0.3 is 5.97 Å². The molecule has 140 valence electrons. The number of rotatable bonds is 11. The van der Waals surface area contributed by atoms with Crippen LogP contribution in [-0.4, -0.2) is 23.6 Å². The van der Waals surface area contributed by atoms with Gasteiger partial charge in [-0.1, -0.05) is 51.9 Å². The molecule has 0 aliphatic heterocycles. The zero-order chi connectivity index (χ0) is 17.6. The van der Waals surface area contributed by atoms with E-state index < -0.39 is 5.97 Å². The summed E-state index contributed by atoms with van der Waals surface area (Å²) in [7, 11) is 0. The Labute approximate surface area is 146 Å². The van der Waals surface area contributed by atoms with Crippen LogP contribution in [0.5, 0.6) is 0 Å². The van der Waals surface area contributed by atoms with Crippen LogP contribution in [0.1, 0.15) is 90.4 Å². The molecule has 24 heavy (non-hydrogen) atoms. The van der Waals surface area contributed by atoms with Crippen LogP contribution in [0.25, 0.3) is 0 Å². The van der Waals surface area contributed by atoms with Crippen LogP contribution in [0.2, 0.25) is 0 Å². The molecule has 2 atom stereocenters. The minimum Gasteiger partial charge on any atom is -0.481 e. The monoisotopic (exact) mass is 341 g/mol. The Morgan fingerprint density at radius 3 is 2.42 bits per heavy atom. The second kappa shape index (κ2) is 13.2. The molecule has 0 saturated heterocycles. The highest BCUT2D eigenvalue weighted by Gasteiger charge is 2.16. The van der Waals surface area contributed by atoms with Gasteiger partial charge in [0.05, 0.1) is 6.61 Å². The van der Waals surface area contributed by atoms with Gasteiger partial charge in [-0.3, -0.25) is 14.4 Å². The molecule has 0 aromatic rings. The van der Waals surface area contributed by atoms with E-state index in [9.17, 15) is 9.59 Å². The lowest BCUT2D eigenvalue weighted by molar-refractivity contribution is -0.137. The Morgan fingerprint density at radius 2 is 1.67 bits per heavy atom. The fourth-order valence-corrected chi connectivity index (χ4v) is 3.44. The molecule has 0 spiro atoms. The minimum atomic E-state index is -0.731. The molecule has 1 aliphatic rings. The van der Waals surface area contributed by atoms with Crippen LogP contribution >= 0.6 is 0 Å². The zero-order valence-electron chi connectivity index (χ0n) is 15.2. The molecule has 0 aromatic heterocycles. The summed E-state index contributed by atoms with van der Waals surface area (Å²) in [4.78, 5) is 27.6. The SMILES string of the molecule is C[C@@H]1CCCCCC(CONC(=O)CCCCCCCC(=O)O)C1. The van der Waals surface area contributed by atoms with Crippen molar-refractivity contribution < 1.29 is 19.5 Å². The number of hydrogen-bond acceptors (Lipinski definition) is 3. The van der Waals surface area contributed by atoms with Crippen molar-refractivity contribution >= 4 is 11.9 Å². The number of nitrogens with one attached hydrogen (secondary N) is 1. The number of amides is 1. The fourth-order valence-electron chi connectivity index (χ4n) is 3.44. The third-order valence-electron chi connectivity index (χ3n) is 4.84. The highest BCUT2D eigenvalue weighted by molar-refractivity contribution is 5.74. The van der Waals surface area contributed by atoms with Crippen molar-refractivity contribution in [2.24, 2.45) is 11.8 Å². The number of hydrogen-bond donors (Lipinski definition) is 2. The smallest absolute Gasteiger partial charge is 0.303 e. The summed E-state index contributed by atoms with van der Waals surface area (Å²) in [6.07, 6.45) is 12.8. The van der Waals surface area contributed by atoms with Crippen molar-refractivity contribution in [3.05, 3.63) is 0 Å². The standard InChI is InChI=1S/C19H35NO4/c1-16-10-6-5-7-11-17(14-16)15-24-20-18(21)12-8-3-2-4-9-13-19(22)23/h16-17H,2-15H2,1H3,(H,20,21)(H,22,23)/t16-,17?/m1/s1. The Balaban J connectivity index is 1.98. The van der Waals surface area contributed by atoms with Crippen LogP contribution in [0, 0.1) is 11.8 Å². The quantitative estimate of drug-likeness (QED) is 0.430. The van der Waals surface area contributed by atoms with Crippen molar-refractivity contribution in [1.29, 1.82) is 0 Å². The van der Waals surface area contributed by atoms with Gasteiger partial charge in [-0.2, -0.15) is 0 Å². The molecule has 0 bridgehead atoms. The van der Waals surface area contributed by atoms with Gasteiger partial charge in [0.15, 0.2) is 0 Å². The highest BCUT2D eigenvalue weighted by Crippen LogP contribution is 2.26. The zero-order valence-corrected chi connectivity index (χ0v) is 15.2. The lowest BCUT2D eigenvalue weighted by Crippen LogP contribution is -2.27. The van der Waals surface area contributed by atoms with Gasteiger partial charge in [-0.25, -0.2) is 5.48 Å². The summed E-state index contributed by atoms with van der Waals surface area (Å²) >= 11 is 0. The summed E-state index contributed by atoms with van der Waals surface area (Å²) in [5.74, 6) is 0.551. The molecule has 1 unspecified atom stereocenters. The Morgan fingerprint density at radius 1 is 1.00 bits per heavy atom. The first-order chi connectivity index (χ1) is 11.6. The predicted octanol–water partition coefficient (Wildman–Crippen LogP) is 4.46. The van der Waals surface area contributed by atoms with Gasteiger partial charge < -0.3 is 5.11 Å². The first-order valence-electron chi connectivity index (χ1n) is 9.70. The number of carboxylic acid groups (broad SMARTS) is 1. The molecule has 1 rings (SSSR count). The van der Waals surface area contributed by atoms with Crippen LogP contribution in [0.15, 0.2) is 0 Å². The van der Waals surface area contributed by atoms with Crippen LogP contribution < -0.4 is 5.48 Å². The third kappa shape index (κ3) is 11.4. The second-order valence-corrected chi connectivity index (χ2v) is 7.34. The van der Waals surface area contributed by atoms with E-state index in [0.717, 1.165) is 38.0 Å². The topological polar surface area (TPSA) is 75.6 Å². The van der Waals surface area contributed by atoms with Gasteiger partial charge in [-0.15, -0.1) is 0 Å². The molecule has 1 fully saturated rings. The number of unbranched alkanes of at least 4 members (excludes halogenated alkanes) is 4. The number of hydroxylamine groups is 1. The largest absolute Gasteiger partial charge is 0.481 e. The lowest BCUT2D eigenvalue weighted by Gasteiger charge is -2.23. The number of carbonyl (C=O) groups excluding carboxylic acids is 1. The van der Waals surface area contributed by atoms with Crippen molar-refractivity contribution in [1.82, 2.24) is 5.48 Å².